The second-order valence-electron chi connectivity index (χ2n) is 4.86. The van der Waals surface area contributed by atoms with E-state index in [1.54, 1.807) is 7.11 Å². The molecule has 0 spiro atoms. The number of carbonyl (C=O) groups excluding carboxylic acids is 1. The summed E-state index contributed by atoms with van der Waals surface area (Å²) in [6, 6.07) is 0.0304. The van der Waals surface area contributed by atoms with Gasteiger partial charge in [0.1, 0.15) is 0 Å². The van der Waals surface area contributed by atoms with Gasteiger partial charge < -0.3 is 14.7 Å². The zero-order valence-corrected chi connectivity index (χ0v) is 11.0. The van der Waals surface area contributed by atoms with Gasteiger partial charge in [-0.15, -0.1) is 0 Å². The molecular weight excluding hydrogens is 218 g/mol. The summed E-state index contributed by atoms with van der Waals surface area (Å²) in [6.45, 7) is 2.86. The molecule has 1 saturated heterocycles. The molecule has 4 nitrogen and oxygen atoms in total. The summed E-state index contributed by atoms with van der Waals surface area (Å²) in [4.78, 5) is 14.0. The first-order chi connectivity index (χ1) is 8.19. The Balaban J connectivity index is 2.46. The maximum Gasteiger partial charge on any atom is 0.222 e. The van der Waals surface area contributed by atoms with Gasteiger partial charge in [0.25, 0.3) is 0 Å². The third-order valence-electron chi connectivity index (χ3n) is 3.58. The minimum Gasteiger partial charge on any atom is -0.394 e. The summed E-state index contributed by atoms with van der Waals surface area (Å²) in [5, 5.41) is 9.34. The van der Waals surface area contributed by atoms with E-state index >= 15 is 0 Å². The Morgan fingerprint density at radius 1 is 1.47 bits per heavy atom. The van der Waals surface area contributed by atoms with Gasteiger partial charge in [-0.25, -0.2) is 0 Å². The van der Waals surface area contributed by atoms with Crippen molar-refractivity contribution in [1.29, 1.82) is 0 Å². The van der Waals surface area contributed by atoms with Crippen molar-refractivity contribution in [3.8, 4) is 0 Å². The van der Waals surface area contributed by atoms with Gasteiger partial charge in [0.2, 0.25) is 5.91 Å². The SMILES string of the molecule is COC(C)CCC(=O)N1CCCCCC1CO. The molecule has 1 fully saturated rings. The number of aliphatic hydroxyl groups excluding tert-OH is 1. The number of ether oxygens (including phenoxy) is 1. The highest BCUT2D eigenvalue weighted by atomic mass is 16.5. The van der Waals surface area contributed by atoms with Crippen LogP contribution in [0.25, 0.3) is 0 Å². The molecule has 0 radical (unpaired) electrons. The van der Waals surface area contributed by atoms with Gasteiger partial charge in [-0.1, -0.05) is 12.8 Å². The lowest BCUT2D eigenvalue weighted by atomic mass is 10.1. The fourth-order valence-electron chi connectivity index (χ4n) is 2.28. The first kappa shape index (κ1) is 14.5. The van der Waals surface area contributed by atoms with Crippen molar-refractivity contribution < 1.29 is 14.6 Å². The normalized spacial score (nSPS) is 23.2. The number of aliphatic hydroxyl groups is 1. The lowest BCUT2D eigenvalue weighted by Crippen LogP contribution is -2.42. The van der Waals surface area contributed by atoms with E-state index in [0.29, 0.717) is 6.42 Å². The highest BCUT2D eigenvalue weighted by Crippen LogP contribution is 2.18. The molecule has 100 valence electrons. The monoisotopic (exact) mass is 243 g/mol. The molecular formula is C13H25NO3. The van der Waals surface area contributed by atoms with Crippen molar-refractivity contribution in [2.75, 3.05) is 20.3 Å². The summed E-state index contributed by atoms with van der Waals surface area (Å²) < 4.78 is 5.15. The minimum atomic E-state index is 0.0304. The summed E-state index contributed by atoms with van der Waals surface area (Å²) >= 11 is 0. The predicted molar refractivity (Wildman–Crippen MR) is 66.8 cm³/mol. The Bertz CT molecular complexity index is 233. The molecule has 1 heterocycles. The van der Waals surface area contributed by atoms with E-state index < -0.39 is 0 Å². The first-order valence-electron chi connectivity index (χ1n) is 6.62. The van der Waals surface area contributed by atoms with Gasteiger partial charge in [-0.05, 0) is 26.2 Å². The van der Waals surface area contributed by atoms with Crippen LogP contribution >= 0.6 is 0 Å². The van der Waals surface area contributed by atoms with Gasteiger partial charge >= 0.3 is 0 Å². The molecule has 1 aliphatic rings. The maximum absolute atomic E-state index is 12.1. The quantitative estimate of drug-likeness (QED) is 0.797. The molecule has 17 heavy (non-hydrogen) atoms. The van der Waals surface area contributed by atoms with E-state index in [4.69, 9.17) is 4.74 Å². The summed E-state index contributed by atoms with van der Waals surface area (Å²) in [6.07, 6.45) is 5.66. The van der Waals surface area contributed by atoms with Crippen molar-refractivity contribution in [2.45, 2.75) is 57.6 Å². The molecule has 1 N–H and O–H groups in total. The Labute approximate surface area is 104 Å². The highest BCUT2D eigenvalue weighted by Gasteiger charge is 2.24. The van der Waals surface area contributed by atoms with Crippen LogP contribution in [0.15, 0.2) is 0 Å². The second-order valence-corrected chi connectivity index (χ2v) is 4.86. The average molecular weight is 243 g/mol. The second kappa shape index (κ2) is 7.67. The first-order valence-corrected chi connectivity index (χ1v) is 6.62. The van der Waals surface area contributed by atoms with Crippen molar-refractivity contribution in [3.05, 3.63) is 0 Å². The molecule has 0 aliphatic carbocycles. The molecule has 0 aromatic carbocycles. The third kappa shape index (κ3) is 4.64. The number of carbonyl (C=O) groups is 1. The molecule has 0 saturated carbocycles. The number of hydrogen-bond donors (Lipinski definition) is 1. The Hall–Kier alpha value is -0.610. The van der Waals surface area contributed by atoms with E-state index in [9.17, 15) is 9.90 Å². The van der Waals surface area contributed by atoms with E-state index in [1.165, 1.54) is 0 Å². The third-order valence-corrected chi connectivity index (χ3v) is 3.58. The molecule has 0 bridgehead atoms. The number of methoxy groups -OCH3 is 1. The number of hydrogen-bond acceptors (Lipinski definition) is 3. The van der Waals surface area contributed by atoms with Crippen molar-refractivity contribution in [1.82, 2.24) is 4.90 Å². The summed E-state index contributed by atoms with van der Waals surface area (Å²) in [5.41, 5.74) is 0. The molecule has 4 heteroatoms. The smallest absolute Gasteiger partial charge is 0.222 e. The fourth-order valence-corrected chi connectivity index (χ4v) is 2.28. The molecule has 2 atom stereocenters. The van der Waals surface area contributed by atoms with Crippen LogP contribution in [0.5, 0.6) is 0 Å². The van der Waals surface area contributed by atoms with E-state index in [-0.39, 0.29) is 24.7 Å². The predicted octanol–water partition coefficient (Wildman–Crippen LogP) is 1.56. The molecule has 0 aromatic heterocycles. The number of likely N-dealkylation sites (tertiary alicyclic amines) is 1. The highest BCUT2D eigenvalue weighted by molar-refractivity contribution is 5.76. The number of amides is 1. The van der Waals surface area contributed by atoms with Gasteiger partial charge in [-0.2, -0.15) is 0 Å². The molecule has 1 amide bonds. The van der Waals surface area contributed by atoms with Crippen molar-refractivity contribution in [2.24, 2.45) is 0 Å². The van der Waals surface area contributed by atoms with Crippen LogP contribution in [0.3, 0.4) is 0 Å². The van der Waals surface area contributed by atoms with E-state index in [2.05, 4.69) is 0 Å². The topological polar surface area (TPSA) is 49.8 Å². The van der Waals surface area contributed by atoms with E-state index in [0.717, 1.165) is 38.6 Å². The van der Waals surface area contributed by atoms with Gasteiger partial charge in [-0.3, -0.25) is 4.79 Å². The molecule has 1 aliphatic heterocycles. The number of nitrogens with zero attached hydrogens (tertiary/aromatic N) is 1. The fraction of sp³-hybridized carbons (Fsp3) is 0.923. The summed E-state index contributed by atoms with van der Waals surface area (Å²) in [5.74, 6) is 0.162. The van der Waals surface area contributed by atoms with E-state index in [1.807, 2.05) is 11.8 Å². The molecule has 1 rings (SSSR count). The van der Waals surface area contributed by atoms with Gasteiger partial charge in [0.15, 0.2) is 0 Å². The summed E-state index contributed by atoms with van der Waals surface area (Å²) in [7, 11) is 1.66. The van der Waals surface area contributed by atoms with Crippen LogP contribution in [-0.4, -0.2) is 48.3 Å². The van der Waals surface area contributed by atoms with Crippen LogP contribution < -0.4 is 0 Å². The minimum absolute atomic E-state index is 0.0304. The zero-order chi connectivity index (χ0) is 12.7. The van der Waals surface area contributed by atoms with Crippen LogP contribution in [0, 0.1) is 0 Å². The Kier molecular flexibility index (Phi) is 6.52. The zero-order valence-electron chi connectivity index (χ0n) is 11.0. The van der Waals surface area contributed by atoms with Crippen LogP contribution in [-0.2, 0) is 9.53 Å². The largest absolute Gasteiger partial charge is 0.394 e. The lowest BCUT2D eigenvalue weighted by Gasteiger charge is -2.29. The Morgan fingerprint density at radius 3 is 2.88 bits per heavy atom. The number of rotatable bonds is 5. The average Bonchev–Trinajstić information content (AvgIpc) is 2.60. The maximum atomic E-state index is 12.1. The molecule has 0 aromatic rings. The standard InChI is InChI=1S/C13H25NO3/c1-11(17-2)7-8-13(16)14-9-5-3-4-6-12(14)10-15/h11-12,15H,3-10H2,1-2H3. The van der Waals surface area contributed by atoms with Crippen LogP contribution in [0.1, 0.15) is 45.4 Å². The Morgan fingerprint density at radius 2 is 2.24 bits per heavy atom. The van der Waals surface area contributed by atoms with Gasteiger partial charge in [0.05, 0.1) is 18.8 Å². The van der Waals surface area contributed by atoms with Crippen LogP contribution in [0.2, 0.25) is 0 Å². The van der Waals surface area contributed by atoms with Crippen molar-refractivity contribution in [3.63, 3.8) is 0 Å². The van der Waals surface area contributed by atoms with Gasteiger partial charge in [0, 0.05) is 20.1 Å². The van der Waals surface area contributed by atoms with Crippen LogP contribution in [0.4, 0.5) is 0 Å². The van der Waals surface area contributed by atoms with Crippen molar-refractivity contribution >= 4 is 5.91 Å². The lowest BCUT2D eigenvalue weighted by molar-refractivity contribution is -0.135. The molecule has 2 unspecified atom stereocenters.